The number of hydrogen-bond donors (Lipinski definition) is 0. The van der Waals surface area contributed by atoms with Gasteiger partial charge in [-0.3, -0.25) is 4.79 Å². The summed E-state index contributed by atoms with van der Waals surface area (Å²) in [6.45, 7) is 0.564. The summed E-state index contributed by atoms with van der Waals surface area (Å²) >= 11 is 0. The van der Waals surface area contributed by atoms with Gasteiger partial charge in [0.05, 0.1) is 19.6 Å². The Hall–Kier alpha value is -3.29. The number of ether oxygens (including phenoxy) is 2. The van der Waals surface area contributed by atoms with Gasteiger partial charge in [-0.1, -0.05) is 5.16 Å². The first-order valence-corrected chi connectivity index (χ1v) is 8.73. The molecule has 0 aliphatic carbocycles. The molecule has 3 rings (SSSR count). The molecule has 0 N–H and O–H groups in total. The van der Waals surface area contributed by atoms with E-state index in [-0.39, 0.29) is 37.1 Å². The summed E-state index contributed by atoms with van der Waals surface area (Å²) in [5.41, 5.74) is 0.625. The largest absolute Gasteiger partial charge is 0.493 e. The van der Waals surface area contributed by atoms with Crippen molar-refractivity contribution in [2.24, 2.45) is 0 Å². The van der Waals surface area contributed by atoms with Gasteiger partial charge in [0, 0.05) is 18.4 Å². The molecule has 0 fully saturated rings. The van der Waals surface area contributed by atoms with Crippen LogP contribution in [0.15, 0.2) is 53.1 Å². The fourth-order valence-corrected chi connectivity index (χ4v) is 2.32. The molecule has 6 nitrogen and oxygen atoms in total. The first-order valence-electron chi connectivity index (χ1n) is 8.73. The molecule has 8 heteroatoms. The molecular formula is C20H18F2N2O4. The number of esters is 1. The first-order chi connectivity index (χ1) is 13.6. The van der Waals surface area contributed by atoms with Crippen LogP contribution < -0.4 is 4.74 Å². The number of aryl methyl sites for hydroxylation is 1. The van der Waals surface area contributed by atoms with Crippen molar-refractivity contribution >= 4 is 5.97 Å². The molecule has 3 aromatic rings. The summed E-state index contributed by atoms with van der Waals surface area (Å²) < 4.78 is 41.3. The van der Waals surface area contributed by atoms with E-state index in [2.05, 4.69) is 10.1 Å². The third kappa shape index (κ3) is 5.87. The average molecular weight is 388 g/mol. The maximum Gasteiger partial charge on any atom is 0.306 e. The van der Waals surface area contributed by atoms with Gasteiger partial charge in [-0.25, -0.2) is 8.78 Å². The minimum absolute atomic E-state index is 0.101. The van der Waals surface area contributed by atoms with Crippen LogP contribution in [0.5, 0.6) is 5.75 Å². The van der Waals surface area contributed by atoms with E-state index in [1.807, 2.05) is 0 Å². The summed E-state index contributed by atoms with van der Waals surface area (Å²) in [5.74, 6) is 0.132. The predicted octanol–water partition coefficient (Wildman–Crippen LogP) is 3.96. The number of benzene rings is 2. The molecule has 0 radical (unpaired) electrons. The number of rotatable bonds is 9. The second-order valence-corrected chi connectivity index (χ2v) is 5.90. The molecule has 2 aromatic carbocycles. The van der Waals surface area contributed by atoms with Crippen molar-refractivity contribution in [2.45, 2.75) is 19.3 Å². The zero-order valence-corrected chi connectivity index (χ0v) is 14.9. The molecule has 0 saturated heterocycles. The lowest BCUT2D eigenvalue weighted by molar-refractivity contribution is -0.143. The van der Waals surface area contributed by atoms with Gasteiger partial charge in [0.2, 0.25) is 11.7 Å². The third-order valence-electron chi connectivity index (χ3n) is 3.75. The van der Waals surface area contributed by atoms with Gasteiger partial charge in [0.1, 0.15) is 17.4 Å². The quantitative estimate of drug-likeness (QED) is 0.408. The Morgan fingerprint density at radius 2 is 1.64 bits per heavy atom. The topological polar surface area (TPSA) is 74.5 Å². The van der Waals surface area contributed by atoms with Gasteiger partial charge in [0.15, 0.2) is 0 Å². The highest BCUT2D eigenvalue weighted by Gasteiger charge is 2.11. The molecule has 1 heterocycles. The summed E-state index contributed by atoms with van der Waals surface area (Å²) in [6, 6.07) is 11.4. The SMILES string of the molecule is O=C(CCc1nc(-c2ccc(F)cc2)no1)OCCCOc1ccc(F)cc1. The van der Waals surface area contributed by atoms with Crippen molar-refractivity contribution in [1.29, 1.82) is 0 Å². The van der Waals surface area contributed by atoms with Gasteiger partial charge >= 0.3 is 5.97 Å². The molecule has 0 amide bonds. The third-order valence-corrected chi connectivity index (χ3v) is 3.75. The molecule has 1 aromatic heterocycles. The smallest absolute Gasteiger partial charge is 0.306 e. The number of carbonyl (C=O) groups excluding carboxylic acids is 1. The molecule has 0 spiro atoms. The first kappa shape index (κ1) is 19.5. The predicted molar refractivity (Wildman–Crippen MR) is 95.5 cm³/mol. The lowest BCUT2D eigenvalue weighted by Gasteiger charge is -2.06. The van der Waals surface area contributed by atoms with Gasteiger partial charge in [-0.15, -0.1) is 0 Å². The van der Waals surface area contributed by atoms with Crippen molar-refractivity contribution in [3.8, 4) is 17.1 Å². The zero-order chi connectivity index (χ0) is 19.8. The maximum absolute atomic E-state index is 12.9. The molecular weight excluding hydrogens is 370 g/mol. The Labute approximate surface area is 160 Å². The van der Waals surface area contributed by atoms with Crippen LogP contribution in [-0.4, -0.2) is 29.3 Å². The van der Waals surface area contributed by atoms with Crippen LogP contribution in [0.2, 0.25) is 0 Å². The molecule has 0 unspecified atom stereocenters. The van der Waals surface area contributed by atoms with Crippen molar-refractivity contribution in [3.05, 3.63) is 66.1 Å². The number of hydrogen-bond acceptors (Lipinski definition) is 6. The highest BCUT2D eigenvalue weighted by molar-refractivity contribution is 5.69. The van der Waals surface area contributed by atoms with Crippen LogP contribution in [0.4, 0.5) is 8.78 Å². The van der Waals surface area contributed by atoms with Gasteiger partial charge in [-0.05, 0) is 48.5 Å². The summed E-state index contributed by atoms with van der Waals surface area (Å²) in [6.07, 6.45) is 0.862. The number of halogens is 2. The van der Waals surface area contributed by atoms with Crippen molar-refractivity contribution in [3.63, 3.8) is 0 Å². The molecule has 0 aliphatic rings. The normalized spacial score (nSPS) is 10.6. The Balaban J connectivity index is 1.33. The number of nitrogens with zero attached hydrogens (tertiary/aromatic N) is 2. The summed E-state index contributed by atoms with van der Waals surface area (Å²) in [4.78, 5) is 15.9. The van der Waals surface area contributed by atoms with E-state index in [4.69, 9.17) is 14.0 Å². The minimum Gasteiger partial charge on any atom is -0.493 e. The fourth-order valence-electron chi connectivity index (χ4n) is 2.32. The molecule has 0 aliphatic heterocycles. The second kappa shape index (κ2) is 9.59. The zero-order valence-electron chi connectivity index (χ0n) is 14.9. The van der Waals surface area contributed by atoms with Crippen LogP contribution >= 0.6 is 0 Å². The van der Waals surface area contributed by atoms with E-state index in [1.54, 1.807) is 12.1 Å². The molecule has 0 bridgehead atoms. The van der Waals surface area contributed by atoms with Crippen molar-refractivity contribution in [1.82, 2.24) is 10.1 Å². The van der Waals surface area contributed by atoms with Gasteiger partial charge in [0.25, 0.3) is 0 Å². The molecule has 146 valence electrons. The van der Waals surface area contributed by atoms with Crippen LogP contribution in [0, 0.1) is 11.6 Å². The highest BCUT2D eigenvalue weighted by atomic mass is 19.1. The standard InChI is InChI=1S/C20H18F2N2O4/c21-15-4-2-14(3-5-15)20-23-18(28-24-20)10-11-19(25)27-13-1-12-26-17-8-6-16(22)7-9-17/h2-9H,1,10-13H2. The van der Waals surface area contributed by atoms with Crippen molar-refractivity contribution in [2.75, 3.05) is 13.2 Å². The number of aromatic nitrogens is 2. The van der Waals surface area contributed by atoms with Crippen LogP contribution in [0.1, 0.15) is 18.7 Å². The second-order valence-electron chi connectivity index (χ2n) is 5.90. The van der Waals surface area contributed by atoms with E-state index < -0.39 is 0 Å². The monoisotopic (exact) mass is 388 g/mol. The Morgan fingerprint density at radius 3 is 2.36 bits per heavy atom. The number of carbonyl (C=O) groups is 1. The molecule has 0 saturated carbocycles. The van der Waals surface area contributed by atoms with Gasteiger partial charge < -0.3 is 14.0 Å². The van der Waals surface area contributed by atoms with E-state index in [0.29, 0.717) is 36.1 Å². The fraction of sp³-hybridized carbons (Fsp3) is 0.250. The van der Waals surface area contributed by atoms with E-state index in [9.17, 15) is 13.6 Å². The molecule has 0 atom stereocenters. The van der Waals surface area contributed by atoms with Crippen LogP contribution in [-0.2, 0) is 16.0 Å². The van der Waals surface area contributed by atoms with E-state index >= 15 is 0 Å². The van der Waals surface area contributed by atoms with Crippen LogP contribution in [0.25, 0.3) is 11.4 Å². The Morgan fingerprint density at radius 1 is 0.964 bits per heavy atom. The average Bonchev–Trinajstić information content (AvgIpc) is 3.17. The van der Waals surface area contributed by atoms with E-state index in [1.165, 1.54) is 36.4 Å². The van der Waals surface area contributed by atoms with E-state index in [0.717, 1.165) is 0 Å². The van der Waals surface area contributed by atoms with Gasteiger partial charge in [-0.2, -0.15) is 4.98 Å². The Kier molecular flexibility index (Phi) is 6.67. The lowest BCUT2D eigenvalue weighted by atomic mass is 10.2. The maximum atomic E-state index is 12.9. The summed E-state index contributed by atoms with van der Waals surface area (Å²) in [7, 11) is 0. The lowest BCUT2D eigenvalue weighted by Crippen LogP contribution is -2.09. The summed E-state index contributed by atoms with van der Waals surface area (Å²) in [5, 5.41) is 3.81. The van der Waals surface area contributed by atoms with Crippen LogP contribution in [0.3, 0.4) is 0 Å². The Bertz CT molecular complexity index is 895. The van der Waals surface area contributed by atoms with Crippen molar-refractivity contribution < 1.29 is 27.6 Å². The minimum atomic E-state index is -0.386. The molecule has 28 heavy (non-hydrogen) atoms. The highest BCUT2D eigenvalue weighted by Crippen LogP contribution is 2.16.